The first-order valence-corrected chi connectivity index (χ1v) is 23.2. The number of benzene rings is 1. The molecule has 8 unspecified atom stereocenters. The Hall–Kier alpha value is -2.61. The number of hydrogen-bond donors (Lipinski definition) is 6. The highest BCUT2D eigenvalue weighted by molar-refractivity contribution is 5.83. The van der Waals surface area contributed by atoms with Crippen LogP contribution in [-0.2, 0) is 49.2 Å². The summed E-state index contributed by atoms with van der Waals surface area (Å²) in [4.78, 5) is 43.6. The van der Waals surface area contributed by atoms with E-state index in [0.717, 1.165) is 12.8 Å². The molecule has 64 heavy (non-hydrogen) atoms. The number of ether oxygens (including phenoxy) is 6. The summed E-state index contributed by atoms with van der Waals surface area (Å²) in [7, 11) is 5.15. The number of aryl methyl sites for hydroxylation is 1. The van der Waals surface area contributed by atoms with E-state index in [-0.39, 0.29) is 50.3 Å². The number of unbranched alkanes of at least 4 members (excludes halogenated alkanes) is 1. The molecule has 366 valence electrons. The first-order valence-electron chi connectivity index (χ1n) is 23.2. The molecule has 0 aliphatic carbocycles. The number of nitrogens with zero attached hydrogens (tertiary/aromatic N) is 1. The van der Waals surface area contributed by atoms with Crippen LogP contribution in [0.2, 0.25) is 0 Å². The third-order valence-electron chi connectivity index (χ3n) is 14.1. The van der Waals surface area contributed by atoms with Crippen molar-refractivity contribution in [2.75, 3.05) is 27.7 Å². The van der Waals surface area contributed by atoms with E-state index < -0.39 is 108 Å². The van der Waals surface area contributed by atoms with Crippen LogP contribution in [0.25, 0.3) is 0 Å². The fourth-order valence-electron chi connectivity index (χ4n) is 9.96. The summed E-state index contributed by atoms with van der Waals surface area (Å²) < 4.78 is 37.6. The van der Waals surface area contributed by atoms with Gasteiger partial charge in [0.05, 0.1) is 47.6 Å². The smallest absolute Gasteiger partial charge is 0.311 e. The lowest BCUT2D eigenvalue weighted by Gasteiger charge is -2.49. The molecule has 0 radical (unpaired) electrons. The zero-order valence-electron chi connectivity index (χ0n) is 40.3. The first kappa shape index (κ1) is 54.0. The van der Waals surface area contributed by atoms with Crippen molar-refractivity contribution in [3.63, 3.8) is 0 Å². The number of Topliss-reactive ketones (excluding diaryl/α,β-unsaturated/α-hetero) is 1. The van der Waals surface area contributed by atoms with Gasteiger partial charge < -0.3 is 64.2 Å². The molecule has 0 aromatic heterocycles. The van der Waals surface area contributed by atoms with Gasteiger partial charge in [-0.2, -0.15) is 0 Å². The third kappa shape index (κ3) is 13.3. The summed E-state index contributed by atoms with van der Waals surface area (Å²) in [5.41, 5.74) is -3.95. The van der Waals surface area contributed by atoms with Crippen molar-refractivity contribution in [2.45, 2.75) is 198 Å². The van der Waals surface area contributed by atoms with E-state index in [1.807, 2.05) is 56.3 Å². The Bertz CT molecular complexity index is 1650. The molecule has 0 bridgehead atoms. The Balaban J connectivity index is 1.71. The van der Waals surface area contributed by atoms with Gasteiger partial charge in [0.25, 0.3) is 0 Å². The van der Waals surface area contributed by atoms with E-state index in [2.05, 4.69) is 5.32 Å². The normalized spacial score (nSPS) is 41.9. The van der Waals surface area contributed by atoms with Gasteiger partial charge in [-0.15, -0.1) is 0 Å². The molecule has 4 rings (SSSR count). The average molecular weight is 909 g/mol. The summed E-state index contributed by atoms with van der Waals surface area (Å²) in [6.45, 7) is 14.4. The molecule has 3 fully saturated rings. The average Bonchev–Trinajstić information content (AvgIpc) is 3.24. The van der Waals surface area contributed by atoms with E-state index in [1.54, 1.807) is 34.6 Å². The molecule has 0 spiro atoms. The Labute approximate surface area is 380 Å². The molecule has 6 N–H and O–H groups in total. The SMILES string of the molecule is COC1(C)CC(O[C@H]2[C@H](C)[C@@H](OC3OC(C)CC(N(C)C)C3O)[C@](C)(O)C[C@@H](C)C(=O)[C@H](C)[C@@H](O)[C@](C)(O)[C@@H](CCNC(=O)CCCCc3ccccc3)OC(=O)[C@@H]2C)OC(C)C1O. The molecule has 3 saturated heterocycles. The largest absolute Gasteiger partial charge is 0.459 e. The Morgan fingerprint density at radius 3 is 2.17 bits per heavy atom. The molecule has 1 amide bonds. The fourth-order valence-corrected chi connectivity index (χ4v) is 9.96. The van der Waals surface area contributed by atoms with Gasteiger partial charge in [0.2, 0.25) is 5.91 Å². The van der Waals surface area contributed by atoms with Crippen molar-refractivity contribution in [3.8, 4) is 0 Å². The lowest BCUT2D eigenvalue weighted by Crippen LogP contribution is -2.61. The fraction of sp³-hybridized carbons (Fsp3) is 0.812. The van der Waals surface area contributed by atoms with Crippen LogP contribution in [-0.4, -0.2) is 160 Å². The second-order valence-electron chi connectivity index (χ2n) is 19.9. The Morgan fingerprint density at radius 2 is 1.55 bits per heavy atom. The summed E-state index contributed by atoms with van der Waals surface area (Å²) in [5, 5.41) is 61.9. The zero-order chi connectivity index (χ0) is 47.9. The molecule has 3 aliphatic heterocycles. The molecule has 3 aliphatic rings. The van der Waals surface area contributed by atoms with Crippen LogP contribution in [0.4, 0.5) is 0 Å². The predicted octanol–water partition coefficient (Wildman–Crippen LogP) is 3.29. The van der Waals surface area contributed by atoms with Crippen LogP contribution in [0.5, 0.6) is 0 Å². The van der Waals surface area contributed by atoms with Gasteiger partial charge in [0.15, 0.2) is 12.6 Å². The number of cyclic esters (lactones) is 1. The second kappa shape index (κ2) is 22.9. The van der Waals surface area contributed by atoms with E-state index in [0.29, 0.717) is 12.8 Å². The van der Waals surface area contributed by atoms with Gasteiger partial charge in [-0.05, 0) is 93.3 Å². The quantitative estimate of drug-likeness (QED) is 0.117. The number of nitrogens with one attached hydrogen (secondary N) is 1. The van der Waals surface area contributed by atoms with Crippen molar-refractivity contribution in [3.05, 3.63) is 35.9 Å². The topological polar surface area (TPSA) is 223 Å². The van der Waals surface area contributed by atoms with Gasteiger partial charge in [-0.1, -0.05) is 51.1 Å². The summed E-state index contributed by atoms with van der Waals surface area (Å²) in [6.07, 6.45) is -8.31. The van der Waals surface area contributed by atoms with E-state index in [9.17, 15) is 39.9 Å². The third-order valence-corrected chi connectivity index (χ3v) is 14.1. The van der Waals surface area contributed by atoms with Crippen molar-refractivity contribution < 1.29 is 68.3 Å². The number of rotatable bonds is 14. The Morgan fingerprint density at radius 1 is 0.891 bits per heavy atom. The molecule has 1 aromatic carbocycles. The minimum Gasteiger partial charge on any atom is -0.459 e. The number of esters is 1. The van der Waals surface area contributed by atoms with Gasteiger partial charge in [0.1, 0.15) is 29.7 Å². The van der Waals surface area contributed by atoms with Crippen LogP contribution in [0.1, 0.15) is 113 Å². The molecule has 3 heterocycles. The van der Waals surface area contributed by atoms with Gasteiger partial charge in [-0.3, -0.25) is 14.4 Å². The number of ketones is 1. The number of amides is 1. The summed E-state index contributed by atoms with van der Waals surface area (Å²) >= 11 is 0. The van der Waals surface area contributed by atoms with E-state index in [4.69, 9.17) is 28.4 Å². The maximum absolute atomic E-state index is 14.6. The predicted molar refractivity (Wildman–Crippen MR) is 238 cm³/mol. The molecular weight excluding hydrogens is 829 g/mol. The summed E-state index contributed by atoms with van der Waals surface area (Å²) in [6, 6.07) is 9.63. The number of methoxy groups -OCH3 is 1. The lowest BCUT2D eigenvalue weighted by atomic mass is 9.74. The highest BCUT2D eigenvalue weighted by atomic mass is 16.7. The number of likely N-dealkylation sites (N-methyl/N-ethyl adjacent to an activating group) is 1. The van der Waals surface area contributed by atoms with E-state index in [1.165, 1.54) is 33.4 Å². The first-order chi connectivity index (χ1) is 29.8. The number of hydrogen-bond acceptors (Lipinski definition) is 15. The van der Waals surface area contributed by atoms with Crippen molar-refractivity contribution >= 4 is 17.7 Å². The number of carbonyl (C=O) groups is 3. The Kier molecular flexibility index (Phi) is 19.3. The lowest BCUT2D eigenvalue weighted by molar-refractivity contribution is -0.318. The molecule has 1 aromatic rings. The highest BCUT2D eigenvalue weighted by Gasteiger charge is 2.53. The second-order valence-corrected chi connectivity index (χ2v) is 19.9. The zero-order valence-corrected chi connectivity index (χ0v) is 40.3. The minimum atomic E-state index is -2.18. The number of carbonyl (C=O) groups excluding carboxylic acids is 3. The van der Waals surface area contributed by atoms with Crippen molar-refractivity contribution in [1.82, 2.24) is 10.2 Å². The minimum absolute atomic E-state index is 0.0115. The van der Waals surface area contributed by atoms with Crippen LogP contribution in [0, 0.1) is 23.7 Å². The molecule has 16 heteroatoms. The van der Waals surface area contributed by atoms with Crippen LogP contribution < -0.4 is 5.32 Å². The van der Waals surface area contributed by atoms with Crippen molar-refractivity contribution in [1.29, 1.82) is 0 Å². The van der Waals surface area contributed by atoms with E-state index >= 15 is 0 Å². The monoisotopic (exact) mass is 909 g/mol. The van der Waals surface area contributed by atoms with Crippen LogP contribution in [0.15, 0.2) is 30.3 Å². The van der Waals surface area contributed by atoms with Gasteiger partial charge in [0, 0.05) is 56.7 Å². The maximum Gasteiger partial charge on any atom is 0.311 e. The molecular formula is C48H80N2O14. The molecule has 16 nitrogen and oxygen atoms in total. The number of aliphatic hydroxyl groups excluding tert-OH is 3. The van der Waals surface area contributed by atoms with Gasteiger partial charge in [-0.25, -0.2) is 0 Å². The number of aliphatic hydroxyl groups is 5. The van der Waals surface area contributed by atoms with Gasteiger partial charge >= 0.3 is 5.97 Å². The highest BCUT2D eigenvalue weighted by Crippen LogP contribution is 2.41. The van der Waals surface area contributed by atoms with Crippen molar-refractivity contribution in [2.24, 2.45) is 23.7 Å². The molecule has 18 atom stereocenters. The van der Waals surface area contributed by atoms with Crippen LogP contribution in [0.3, 0.4) is 0 Å². The molecule has 0 saturated carbocycles. The summed E-state index contributed by atoms with van der Waals surface area (Å²) in [5.74, 6) is -5.71. The standard InChI is InChI=1S/C48H80N2O14/c1-27-25-46(7,57)43(64-45-39(53)34(50(10)11)24-28(2)60-45)30(4)40(63-37-26-47(8,59-12)42(55)32(6)61-37)31(5)44(56)62-35(48(9,58)41(54)29(3)38(27)52)22-23-49-36(51)21-17-16-20-33-18-14-13-15-19-33/h13-15,18-19,27-32,34-35,37,39-43,45,53-55,57-58H,16-17,20-26H2,1-12H3,(H,49,51)/t27-,28?,29+,30+,31-,32?,34?,35-,37?,39?,40+,41-,42?,43-,45?,46-,47?,48-/m1/s1. The van der Waals surface area contributed by atoms with Crippen LogP contribution >= 0.6 is 0 Å². The maximum atomic E-state index is 14.6.